The first-order chi connectivity index (χ1) is 13.2. The largest absolute Gasteiger partial charge is 0.490 e. The number of amides is 1. The zero-order valence-electron chi connectivity index (χ0n) is 14.8. The summed E-state index contributed by atoms with van der Waals surface area (Å²) in [6.07, 6.45) is -0.794. The van der Waals surface area contributed by atoms with Gasteiger partial charge >= 0.3 is 12.1 Å². The third-order valence-electron chi connectivity index (χ3n) is 4.85. The third kappa shape index (κ3) is 4.74. The molecule has 0 bridgehead atoms. The molecule has 0 aliphatic carbocycles. The van der Waals surface area contributed by atoms with Gasteiger partial charge in [0, 0.05) is 31.6 Å². The first kappa shape index (κ1) is 20.4. The van der Waals surface area contributed by atoms with Crippen molar-refractivity contribution < 1.29 is 32.3 Å². The fraction of sp³-hybridized carbons (Fsp3) is 0.444. The average Bonchev–Trinajstić information content (AvgIpc) is 3.35. The Morgan fingerprint density at radius 3 is 2.50 bits per heavy atom. The van der Waals surface area contributed by atoms with E-state index in [1.54, 1.807) is 23.7 Å². The van der Waals surface area contributed by atoms with Crippen LogP contribution in [0.15, 0.2) is 39.8 Å². The highest BCUT2D eigenvalue weighted by atomic mass is 32.1. The fourth-order valence-corrected chi connectivity index (χ4v) is 4.20. The predicted molar refractivity (Wildman–Crippen MR) is 94.9 cm³/mol. The molecule has 1 N–H and O–H groups in total. The van der Waals surface area contributed by atoms with E-state index >= 15 is 0 Å². The van der Waals surface area contributed by atoms with Crippen molar-refractivity contribution in [3.8, 4) is 0 Å². The molecule has 1 spiro atoms. The summed E-state index contributed by atoms with van der Waals surface area (Å²) in [5.41, 5.74) is 2.40. The average molecular weight is 416 g/mol. The zero-order chi connectivity index (χ0) is 20.4. The highest BCUT2D eigenvalue weighted by Crippen LogP contribution is 2.40. The highest BCUT2D eigenvalue weighted by molar-refractivity contribution is 7.07. The Labute approximate surface area is 163 Å². The van der Waals surface area contributed by atoms with Crippen molar-refractivity contribution in [3.63, 3.8) is 0 Å². The van der Waals surface area contributed by atoms with E-state index in [1.165, 1.54) is 18.2 Å². The molecule has 2 aliphatic rings. The van der Waals surface area contributed by atoms with E-state index in [0.717, 1.165) is 32.7 Å². The molecule has 2 aliphatic heterocycles. The Kier molecular flexibility index (Phi) is 5.80. The first-order valence-corrected chi connectivity index (χ1v) is 9.48. The quantitative estimate of drug-likeness (QED) is 0.831. The van der Waals surface area contributed by atoms with Crippen molar-refractivity contribution in [2.75, 3.05) is 26.2 Å². The maximum absolute atomic E-state index is 12.2. The number of carboxylic acid groups (broad SMARTS) is 1. The smallest absolute Gasteiger partial charge is 0.475 e. The maximum atomic E-state index is 12.2. The van der Waals surface area contributed by atoms with Crippen molar-refractivity contribution in [1.29, 1.82) is 0 Å². The zero-order valence-corrected chi connectivity index (χ0v) is 15.6. The second-order valence-corrected chi connectivity index (χ2v) is 7.85. The molecule has 152 valence electrons. The van der Waals surface area contributed by atoms with Crippen LogP contribution in [0.1, 0.15) is 22.3 Å². The van der Waals surface area contributed by atoms with Crippen LogP contribution in [0, 0.1) is 5.41 Å². The van der Waals surface area contributed by atoms with Gasteiger partial charge in [-0.2, -0.15) is 24.5 Å². The van der Waals surface area contributed by atoms with Crippen LogP contribution in [0.25, 0.3) is 0 Å². The fourth-order valence-electron chi connectivity index (χ4n) is 3.54. The Morgan fingerprint density at radius 1 is 1.25 bits per heavy atom. The Morgan fingerprint density at radius 2 is 1.96 bits per heavy atom. The van der Waals surface area contributed by atoms with Crippen LogP contribution in [0.2, 0.25) is 0 Å². The molecule has 2 aromatic rings. The number of carboxylic acids is 1. The summed E-state index contributed by atoms with van der Waals surface area (Å²) in [4.78, 5) is 25.6. The Bertz CT molecular complexity index is 799. The molecule has 2 saturated heterocycles. The standard InChI is InChI=1S/C16H18N2O2S.C2HF3O2/c19-15(14-1-5-20-8-14)18-11-16(12-18)3-4-17(10-16)7-13-2-6-21-9-13;3-2(4,5)1(6)7/h1-2,5-6,8-9H,3-4,7,10-12H2;(H,6,7). The minimum atomic E-state index is -5.08. The number of halogens is 3. The minimum Gasteiger partial charge on any atom is -0.475 e. The number of rotatable bonds is 3. The van der Waals surface area contributed by atoms with Gasteiger partial charge in [-0.25, -0.2) is 4.79 Å². The first-order valence-electron chi connectivity index (χ1n) is 8.54. The summed E-state index contributed by atoms with van der Waals surface area (Å²) in [5.74, 6) is -2.65. The number of furan rings is 1. The molecule has 0 saturated carbocycles. The lowest BCUT2D eigenvalue weighted by atomic mass is 9.79. The SMILES string of the molecule is O=C(O)C(F)(F)F.O=C(c1ccoc1)N1CC2(CCN(Cc3ccsc3)C2)C1. The number of likely N-dealkylation sites (tertiary alicyclic amines) is 2. The molecule has 10 heteroatoms. The summed E-state index contributed by atoms with van der Waals surface area (Å²) in [6.45, 7) is 5.07. The second-order valence-electron chi connectivity index (χ2n) is 7.07. The summed E-state index contributed by atoms with van der Waals surface area (Å²) in [7, 11) is 0. The molecule has 0 radical (unpaired) electrons. The summed E-state index contributed by atoms with van der Waals surface area (Å²) in [5, 5.41) is 11.5. The van der Waals surface area contributed by atoms with Crippen LogP contribution in [0.4, 0.5) is 13.2 Å². The Balaban J connectivity index is 0.000000279. The van der Waals surface area contributed by atoms with E-state index in [9.17, 15) is 18.0 Å². The van der Waals surface area contributed by atoms with Crippen molar-refractivity contribution >= 4 is 23.2 Å². The van der Waals surface area contributed by atoms with E-state index in [0.29, 0.717) is 11.0 Å². The van der Waals surface area contributed by atoms with Gasteiger partial charge in [0.2, 0.25) is 0 Å². The molecule has 1 amide bonds. The van der Waals surface area contributed by atoms with Gasteiger partial charge in [-0.1, -0.05) is 0 Å². The number of hydrogen-bond acceptors (Lipinski definition) is 5. The molecule has 0 atom stereocenters. The van der Waals surface area contributed by atoms with Crippen molar-refractivity contribution in [2.24, 2.45) is 5.41 Å². The van der Waals surface area contributed by atoms with Crippen LogP contribution in [-0.2, 0) is 11.3 Å². The molecule has 0 aromatic carbocycles. The lowest BCUT2D eigenvalue weighted by molar-refractivity contribution is -0.192. The number of alkyl halides is 3. The van der Waals surface area contributed by atoms with E-state index in [2.05, 4.69) is 21.7 Å². The van der Waals surface area contributed by atoms with Gasteiger partial charge in [0.15, 0.2) is 0 Å². The number of carbonyl (C=O) groups excluding carboxylic acids is 1. The lowest BCUT2D eigenvalue weighted by Gasteiger charge is -2.48. The van der Waals surface area contributed by atoms with Crippen molar-refractivity contribution in [2.45, 2.75) is 19.1 Å². The van der Waals surface area contributed by atoms with Crippen LogP contribution < -0.4 is 0 Å². The van der Waals surface area contributed by atoms with E-state index in [1.807, 2.05) is 4.90 Å². The lowest BCUT2D eigenvalue weighted by Crippen LogP contribution is -2.59. The van der Waals surface area contributed by atoms with Crippen LogP contribution >= 0.6 is 11.3 Å². The van der Waals surface area contributed by atoms with Gasteiger partial charge in [0.05, 0.1) is 11.8 Å². The van der Waals surface area contributed by atoms with Crippen LogP contribution in [0.5, 0.6) is 0 Å². The summed E-state index contributed by atoms with van der Waals surface area (Å²) in [6, 6.07) is 3.94. The highest BCUT2D eigenvalue weighted by Gasteiger charge is 2.49. The molecule has 28 heavy (non-hydrogen) atoms. The molecule has 6 nitrogen and oxygen atoms in total. The number of hydrogen-bond donors (Lipinski definition) is 1. The number of thiophene rings is 1. The van der Waals surface area contributed by atoms with Gasteiger partial charge in [-0.05, 0) is 41.4 Å². The molecule has 2 aromatic heterocycles. The van der Waals surface area contributed by atoms with Crippen LogP contribution in [0.3, 0.4) is 0 Å². The molecular weight excluding hydrogens is 397 g/mol. The summed E-state index contributed by atoms with van der Waals surface area (Å²) < 4.78 is 36.7. The third-order valence-corrected chi connectivity index (χ3v) is 5.59. The van der Waals surface area contributed by atoms with Gasteiger partial charge < -0.3 is 14.4 Å². The maximum Gasteiger partial charge on any atom is 0.490 e. The number of nitrogens with zero attached hydrogens (tertiary/aromatic N) is 2. The topological polar surface area (TPSA) is 74.0 Å². The number of aliphatic carboxylic acids is 1. The summed E-state index contributed by atoms with van der Waals surface area (Å²) >= 11 is 1.76. The molecular formula is C18H19F3N2O4S. The predicted octanol–water partition coefficient (Wildman–Crippen LogP) is 3.32. The monoisotopic (exact) mass is 416 g/mol. The van der Waals surface area contributed by atoms with E-state index < -0.39 is 12.1 Å². The molecule has 0 unspecified atom stereocenters. The number of carbonyl (C=O) groups is 2. The molecule has 2 fully saturated rings. The minimum absolute atomic E-state index is 0.102. The molecule has 4 rings (SSSR count). The van der Waals surface area contributed by atoms with E-state index in [4.69, 9.17) is 14.3 Å². The van der Waals surface area contributed by atoms with Gasteiger partial charge in [-0.3, -0.25) is 9.69 Å². The van der Waals surface area contributed by atoms with Crippen molar-refractivity contribution in [1.82, 2.24) is 9.80 Å². The van der Waals surface area contributed by atoms with E-state index in [-0.39, 0.29) is 5.91 Å². The van der Waals surface area contributed by atoms with Crippen LogP contribution in [-0.4, -0.2) is 59.1 Å². The Hall–Kier alpha value is -2.33. The molecule has 4 heterocycles. The normalized spacial score (nSPS) is 18.5. The van der Waals surface area contributed by atoms with Gasteiger partial charge in [-0.15, -0.1) is 0 Å². The van der Waals surface area contributed by atoms with Gasteiger partial charge in [0.1, 0.15) is 6.26 Å². The van der Waals surface area contributed by atoms with Crippen molar-refractivity contribution in [3.05, 3.63) is 46.5 Å². The second kappa shape index (κ2) is 7.96. The van der Waals surface area contributed by atoms with Gasteiger partial charge in [0.25, 0.3) is 5.91 Å².